The number of allylic oxidation sites excluding steroid dienone is 5. The maximum absolute atomic E-state index is 4.01. The molecule has 0 aromatic rings. The minimum absolute atomic E-state index is 0.547. The van der Waals surface area contributed by atoms with Crippen LogP contribution in [-0.2, 0) is 0 Å². The second kappa shape index (κ2) is 6.71. The second-order valence-electron chi connectivity index (χ2n) is 3.46. The lowest BCUT2D eigenvalue weighted by Crippen LogP contribution is -1.96. The maximum Gasteiger partial charge on any atom is -0.00255 e. The Morgan fingerprint density at radius 2 is 2.00 bits per heavy atom. The van der Waals surface area contributed by atoms with Crippen LogP contribution >= 0.6 is 0 Å². The van der Waals surface area contributed by atoms with Crippen LogP contribution in [0.5, 0.6) is 0 Å². The minimum Gasteiger partial charge on any atom is -0.0995 e. The molecule has 0 saturated heterocycles. The van der Waals surface area contributed by atoms with Crippen molar-refractivity contribution in [2.24, 2.45) is 5.92 Å². The van der Waals surface area contributed by atoms with Crippen LogP contribution in [0.3, 0.4) is 0 Å². The summed E-state index contributed by atoms with van der Waals surface area (Å²) in [5.41, 5.74) is 2.68. The van der Waals surface area contributed by atoms with E-state index >= 15 is 0 Å². The molecule has 0 saturated carbocycles. The van der Waals surface area contributed by atoms with Crippen molar-refractivity contribution in [1.29, 1.82) is 0 Å². The highest BCUT2D eigenvalue weighted by Crippen LogP contribution is 2.18. The van der Waals surface area contributed by atoms with Crippen LogP contribution in [0, 0.1) is 5.92 Å². The molecule has 0 radical (unpaired) electrons. The van der Waals surface area contributed by atoms with E-state index in [2.05, 4.69) is 52.5 Å². The Labute approximate surface area is 83.0 Å². The summed E-state index contributed by atoms with van der Waals surface area (Å²) in [5, 5.41) is 0. The van der Waals surface area contributed by atoms with Crippen LogP contribution in [0.15, 0.2) is 36.0 Å². The molecule has 74 valence electrons. The molecule has 0 aromatic carbocycles. The molecule has 1 unspecified atom stereocenters. The molecule has 0 rings (SSSR count). The molecule has 0 nitrogen and oxygen atoms in total. The lowest BCUT2D eigenvalue weighted by atomic mass is 9.95. The van der Waals surface area contributed by atoms with Gasteiger partial charge in [0.15, 0.2) is 0 Å². The molecular formula is C13H22. The van der Waals surface area contributed by atoms with Crippen LogP contribution in [-0.4, -0.2) is 0 Å². The van der Waals surface area contributed by atoms with Gasteiger partial charge in [-0.2, -0.15) is 0 Å². The molecule has 0 N–H and O–H groups in total. The van der Waals surface area contributed by atoms with Gasteiger partial charge in [0.25, 0.3) is 0 Å². The summed E-state index contributed by atoms with van der Waals surface area (Å²) in [7, 11) is 0. The standard InChI is InChI=1S/C13H22/c1-6-9-12(7-2)10-13(8-3)11(4)5/h6,9-10,13H,4,7-8H2,1-3,5H3. The average molecular weight is 178 g/mol. The summed E-state index contributed by atoms with van der Waals surface area (Å²) in [6, 6.07) is 0. The van der Waals surface area contributed by atoms with Gasteiger partial charge in [0.05, 0.1) is 0 Å². The molecule has 0 aromatic heterocycles. The molecule has 1 atom stereocenters. The normalized spacial score (nSPS) is 14.9. The minimum atomic E-state index is 0.547. The van der Waals surface area contributed by atoms with Crippen molar-refractivity contribution < 1.29 is 0 Å². The zero-order valence-corrected chi connectivity index (χ0v) is 9.43. The number of rotatable bonds is 5. The first-order chi connectivity index (χ1) is 6.15. The Bertz CT molecular complexity index is 206. The van der Waals surface area contributed by atoms with Crippen LogP contribution in [0.25, 0.3) is 0 Å². The van der Waals surface area contributed by atoms with Crippen molar-refractivity contribution in [1.82, 2.24) is 0 Å². The third kappa shape index (κ3) is 4.72. The van der Waals surface area contributed by atoms with Gasteiger partial charge in [-0.3, -0.25) is 0 Å². The molecule has 0 fully saturated rings. The van der Waals surface area contributed by atoms with Gasteiger partial charge in [0, 0.05) is 0 Å². The fourth-order valence-electron chi connectivity index (χ4n) is 1.37. The summed E-state index contributed by atoms with van der Waals surface area (Å²) in [6.45, 7) is 12.6. The average Bonchev–Trinajstić information content (AvgIpc) is 2.11. The summed E-state index contributed by atoms with van der Waals surface area (Å²) >= 11 is 0. The molecule has 0 amide bonds. The molecule has 13 heavy (non-hydrogen) atoms. The van der Waals surface area contributed by atoms with Crippen molar-refractivity contribution in [3.05, 3.63) is 36.0 Å². The number of hydrogen-bond acceptors (Lipinski definition) is 0. The van der Waals surface area contributed by atoms with E-state index in [0.717, 1.165) is 12.8 Å². The summed E-state index contributed by atoms with van der Waals surface area (Å²) < 4.78 is 0. The highest BCUT2D eigenvalue weighted by Gasteiger charge is 2.02. The van der Waals surface area contributed by atoms with E-state index in [4.69, 9.17) is 0 Å². The van der Waals surface area contributed by atoms with Gasteiger partial charge in [0.1, 0.15) is 0 Å². The lowest BCUT2D eigenvalue weighted by molar-refractivity contribution is 0.723. The van der Waals surface area contributed by atoms with Gasteiger partial charge in [-0.1, -0.05) is 49.8 Å². The van der Waals surface area contributed by atoms with E-state index in [1.807, 2.05) is 0 Å². The van der Waals surface area contributed by atoms with Crippen molar-refractivity contribution in [3.8, 4) is 0 Å². The smallest absolute Gasteiger partial charge is 0.00255 e. The molecular weight excluding hydrogens is 156 g/mol. The largest absolute Gasteiger partial charge is 0.0995 e. The molecule has 0 aliphatic carbocycles. The Balaban J connectivity index is 4.53. The first-order valence-corrected chi connectivity index (χ1v) is 5.14. The van der Waals surface area contributed by atoms with E-state index in [0.29, 0.717) is 5.92 Å². The zero-order chi connectivity index (χ0) is 10.3. The lowest BCUT2D eigenvalue weighted by Gasteiger charge is -2.10. The van der Waals surface area contributed by atoms with Crippen molar-refractivity contribution in [3.63, 3.8) is 0 Å². The Morgan fingerprint density at radius 3 is 2.31 bits per heavy atom. The van der Waals surface area contributed by atoms with Gasteiger partial charge in [-0.15, -0.1) is 0 Å². The Morgan fingerprint density at radius 1 is 1.38 bits per heavy atom. The molecule has 0 heterocycles. The Hall–Kier alpha value is -0.780. The first kappa shape index (κ1) is 12.2. The molecule has 0 spiro atoms. The second-order valence-corrected chi connectivity index (χ2v) is 3.46. The third-order valence-electron chi connectivity index (χ3n) is 2.28. The maximum atomic E-state index is 4.01. The number of hydrogen-bond donors (Lipinski definition) is 0. The van der Waals surface area contributed by atoms with Gasteiger partial charge in [-0.05, 0) is 32.6 Å². The van der Waals surface area contributed by atoms with Gasteiger partial charge < -0.3 is 0 Å². The highest BCUT2D eigenvalue weighted by molar-refractivity contribution is 5.22. The molecule has 0 aliphatic rings. The topological polar surface area (TPSA) is 0 Å². The summed E-state index contributed by atoms with van der Waals surface area (Å²) in [4.78, 5) is 0. The van der Waals surface area contributed by atoms with E-state index in [1.165, 1.54) is 11.1 Å². The van der Waals surface area contributed by atoms with E-state index in [1.54, 1.807) is 0 Å². The molecule has 0 bridgehead atoms. The van der Waals surface area contributed by atoms with Crippen molar-refractivity contribution in [2.75, 3.05) is 0 Å². The molecule has 0 aliphatic heterocycles. The van der Waals surface area contributed by atoms with Crippen LogP contribution in [0.1, 0.15) is 40.5 Å². The van der Waals surface area contributed by atoms with Crippen molar-refractivity contribution >= 4 is 0 Å². The van der Waals surface area contributed by atoms with Crippen LogP contribution < -0.4 is 0 Å². The van der Waals surface area contributed by atoms with Gasteiger partial charge in [0.2, 0.25) is 0 Å². The third-order valence-corrected chi connectivity index (χ3v) is 2.28. The monoisotopic (exact) mass is 178 g/mol. The predicted molar refractivity (Wildman–Crippen MR) is 61.8 cm³/mol. The van der Waals surface area contributed by atoms with Gasteiger partial charge in [-0.25, -0.2) is 0 Å². The van der Waals surface area contributed by atoms with Crippen molar-refractivity contribution in [2.45, 2.75) is 40.5 Å². The van der Waals surface area contributed by atoms with E-state index < -0.39 is 0 Å². The van der Waals surface area contributed by atoms with Gasteiger partial charge >= 0.3 is 0 Å². The summed E-state index contributed by atoms with van der Waals surface area (Å²) in [6.07, 6.45) is 8.87. The van der Waals surface area contributed by atoms with E-state index in [-0.39, 0.29) is 0 Å². The summed E-state index contributed by atoms with van der Waals surface area (Å²) in [5.74, 6) is 0.547. The van der Waals surface area contributed by atoms with Crippen LogP contribution in [0.2, 0.25) is 0 Å². The zero-order valence-electron chi connectivity index (χ0n) is 9.43. The predicted octanol–water partition coefficient (Wildman–Crippen LogP) is 4.50. The highest BCUT2D eigenvalue weighted by atomic mass is 14.1. The molecule has 0 heteroatoms. The first-order valence-electron chi connectivity index (χ1n) is 5.14. The van der Waals surface area contributed by atoms with E-state index in [9.17, 15) is 0 Å². The SMILES string of the molecule is C=C(C)C(C=C(C=CC)CC)CC. The fourth-order valence-corrected chi connectivity index (χ4v) is 1.37. The fraction of sp³-hybridized carbons (Fsp3) is 0.538. The quantitative estimate of drug-likeness (QED) is 0.429. The van der Waals surface area contributed by atoms with Crippen LogP contribution in [0.4, 0.5) is 0 Å². The Kier molecular flexibility index (Phi) is 6.30.